The molecule has 0 aromatic heterocycles. The molecular formula is C10H9NO. The van der Waals surface area contributed by atoms with Gasteiger partial charge >= 0.3 is 0 Å². The van der Waals surface area contributed by atoms with Gasteiger partial charge < -0.3 is 0 Å². The van der Waals surface area contributed by atoms with E-state index in [0.717, 1.165) is 5.56 Å². The van der Waals surface area contributed by atoms with Gasteiger partial charge in [0, 0.05) is 0 Å². The van der Waals surface area contributed by atoms with Crippen molar-refractivity contribution in [2.45, 2.75) is 6.92 Å². The van der Waals surface area contributed by atoms with E-state index in [-0.39, 0.29) is 0 Å². The summed E-state index contributed by atoms with van der Waals surface area (Å²) in [5.41, 5.74) is 1.70. The third-order valence-corrected chi connectivity index (χ3v) is 1.40. The van der Waals surface area contributed by atoms with Crippen molar-refractivity contribution >= 4 is 12.2 Å². The molecule has 60 valence electrons. The molecule has 0 bridgehead atoms. The van der Waals surface area contributed by atoms with E-state index in [9.17, 15) is 4.79 Å². The summed E-state index contributed by atoms with van der Waals surface area (Å²) in [7, 11) is 0. The van der Waals surface area contributed by atoms with Crippen molar-refractivity contribution in [2.75, 3.05) is 0 Å². The number of aliphatic imine (C=N–C) groups is 1. The second kappa shape index (κ2) is 4.27. The first-order chi connectivity index (χ1) is 5.83. The van der Waals surface area contributed by atoms with Gasteiger partial charge in [0.25, 0.3) is 0 Å². The zero-order valence-corrected chi connectivity index (χ0v) is 6.82. The van der Waals surface area contributed by atoms with E-state index in [1.807, 2.05) is 36.4 Å². The van der Waals surface area contributed by atoms with Crippen LogP contribution in [0.25, 0.3) is 6.08 Å². The molecule has 0 amide bonds. The Labute approximate surface area is 71.3 Å². The first kappa shape index (κ1) is 8.44. The molecule has 0 radical (unpaired) electrons. The lowest BCUT2D eigenvalue weighted by Crippen LogP contribution is -1.72. The van der Waals surface area contributed by atoms with E-state index < -0.39 is 0 Å². The molecule has 2 heteroatoms. The molecular weight excluding hydrogens is 150 g/mol. The normalized spacial score (nSPS) is 10.6. The average molecular weight is 159 g/mol. The molecule has 0 heterocycles. The molecule has 0 saturated heterocycles. The van der Waals surface area contributed by atoms with Crippen molar-refractivity contribution in [2.24, 2.45) is 4.99 Å². The van der Waals surface area contributed by atoms with Crippen molar-refractivity contribution in [3.63, 3.8) is 0 Å². The Balaban J connectivity index is 2.88. The van der Waals surface area contributed by atoms with Crippen LogP contribution >= 0.6 is 0 Å². The van der Waals surface area contributed by atoms with Crippen LogP contribution in [0.3, 0.4) is 0 Å². The summed E-state index contributed by atoms with van der Waals surface area (Å²) < 4.78 is 0. The summed E-state index contributed by atoms with van der Waals surface area (Å²) in [4.78, 5) is 13.3. The predicted octanol–water partition coefficient (Wildman–Crippen LogP) is 2.38. The van der Waals surface area contributed by atoms with Gasteiger partial charge in [-0.25, -0.2) is 4.79 Å². The number of isocyanates is 1. The Morgan fingerprint density at radius 3 is 2.67 bits per heavy atom. The van der Waals surface area contributed by atoms with E-state index >= 15 is 0 Å². The molecule has 1 aromatic carbocycles. The van der Waals surface area contributed by atoms with Gasteiger partial charge in [-0.15, -0.1) is 0 Å². The Hall–Kier alpha value is -1.66. The summed E-state index contributed by atoms with van der Waals surface area (Å²) in [5.74, 6) is 0. The third kappa shape index (κ3) is 2.52. The molecule has 0 saturated carbocycles. The maximum Gasteiger partial charge on any atom is 0.240 e. The fourth-order valence-electron chi connectivity index (χ4n) is 0.895. The highest BCUT2D eigenvalue weighted by Crippen LogP contribution is 2.05. The van der Waals surface area contributed by atoms with Gasteiger partial charge in [-0.05, 0) is 18.6 Å². The van der Waals surface area contributed by atoms with E-state index in [2.05, 4.69) is 4.99 Å². The van der Waals surface area contributed by atoms with Crippen molar-refractivity contribution in [3.8, 4) is 0 Å². The van der Waals surface area contributed by atoms with Gasteiger partial charge in [0.15, 0.2) is 0 Å². The molecule has 0 aliphatic rings. The van der Waals surface area contributed by atoms with Crippen LogP contribution in [-0.2, 0) is 4.79 Å². The van der Waals surface area contributed by atoms with Gasteiger partial charge in [0.1, 0.15) is 0 Å². The molecule has 1 aromatic rings. The molecule has 0 atom stereocenters. The molecule has 0 aliphatic heterocycles. The van der Waals surface area contributed by atoms with Crippen LogP contribution in [0.1, 0.15) is 12.5 Å². The fourth-order valence-corrected chi connectivity index (χ4v) is 0.895. The number of carbonyl (C=O) groups excluding carboxylic acids is 1. The van der Waals surface area contributed by atoms with E-state index in [0.29, 0.717) is 5.70 Å². The Bertz CT molecular complexity index is 321. The highest BCUT2D eigenvalue weighted by atomic mass is 16.1. The first-order valence-electron chi connectivity index (χ1n) is 3.64. The second-order valence-electron chi connectivity index (χ2n) is 2.40. The standard InChI is InChI=1S/C10H9NO/c1-9(11-8-12)7-10-5-3-2-4-6-10/h2-7H,1H3/b9-7+. The number of hydrogen-bond acceptors (Lipinski definition) is 2. The predicted molar refractivity (Wildman–Crippen MR) is 48.2 cm³/mol. The van der Waals surface area contributed by atoms with E-state index in [1.54, 1.807) is 6.92 Å². The molecule has 0 aliphatic carbocycles. The molecule has 0 N–H and O–H groups in total. The average Bonchev–Trinajstić information content (AvgIpc) is 2.06. The van der Waals surface area contributed by atoms with Crippen LogP contribution in [-0.4, -0.2) is 6.08 Å². The monoisotopic (exact) mass is 159 g/mol. The topological polar surface area (TPSA) is 29.4 Å². The molecule has 0 spiro atoms. The molecule has 0 unspecified atom stereocenters. The Morgan fingerprint density at radius 2 is 2.08 bits per heavy atom. The summed E-state index contributed by atoms with van der Waals surface area (Å²) in [6.07, 6.45) is 3.32. The van der Waals surface area contributed by atoms with Crippen LogP contribution < -0.4 is 0 Å². The first-order valence-corrected chi connectivity index (χ1v) is 3.64. The highest BCUT2D eigenvalue weighted by Gasteiger charge is 1.86. The van der Waals surface area contributed by atoms with Crippen molar-refractivity contribution < 1.29 is 4.79 Å². The summed E-state index contributed by atoms with van der Waals surface area (Å²) in [6, 6.07) is 9.71. The molecule has 2 nitrogen and oxygen atoms in total. The molecule has 12 heavy (non-hydrogen) atoms. The minimum atomic E-state index is 0.663. The van der Waals surface area contributed by atoms with Gasteiger partial charge in [0.05, 0.1) is 5.70 Å². The number of benzene rings is 1. The SMILES string of the molecule is C/C(=C\c1ccccc1)N=C=O. The Morgan fingerprint density at radius 1 is 1.42 bits per heavy atom. The number of nitrogens with zero attached hydrogens (tertiary/aromatic N) is 1. The number of allylic oxidation sites excluding steroid dienone is 1. The summed E-state index contributed by atoms with van der Waals surface area (Å²) in [6.45, 7) is 1.76. The van der Waals surface area contributed by atoms with Gasteiger partial charge in [0.2, 0.25) is 6.08 Å². The minimum absolute atomic E-state index is 0.663. The molecule has 1 rings (SSSR count). The molecule has 0 fully saturated rings. The zero-order valence-electron chi connectivity index (χ0n) is 6.82. The minimum Gasteiger partial charge on any atom is -0.211 e. The zero-order chi connectivity index (χ0) is 8.81. The number of rotatable bonds is 2. The summed E-state index contributed by atoms with van der Waals surface area (Å²) >= 11 is 0. The lowest BCUT2D eigenvalue weighted by Gasteiger charge is -1.91. The lowest BCUT2D eigenvalue weighted by molar-refractivity contribution is 0.564. The van der Waals surface area contributed by atoms with Crippen molar-refractivity contribution in [1.82, 2.24) is 0 Å². The van der Waals surface area contributed by atoms with Crippen LogP contribution in [0.2, 0.25) is 0 Å². The van der Waals surface area contributed by atoms with Crippen LogP contribution in [0.4, 0.5) is 0 Å². The Kier molecular flexibility index (Phi) is 3.00. The smallest absolute Gasteiger partial charge is 0.211 e. The van der Waals surface area contributed by atoms with E-state index in [4.69, 9.17) is 0 Å². The largest absolute Gasteiger partial charge is 0.240 e. The van der Waals surface area contributed by atoms with Crippen LogP contribution in [0.5, 0.6) is 0 Å². The van der Waals surface area contributed by atoms with Crippen molar-refractivity contribution in [3.05, 3.63) is 41.6 Å². The highest BCUT2D eigenvalue weighted by molar-refractivity contribution is 5.53. The summed E-state index contributed by atoms with van der Waals surface area (Å²) in [5, 5.41) is 0. The van der Waals surface area contributed by atoms with Crippen molar-refractivity contribution in [1.29, 1.82) is 0 Å². The van der Waals surface area contributed by atoms with E-state index in [1.165, 1.54) is 6.08 Å². The van der Waals surface area contributed by atoms with Gasteiger partial charge in [-0.1, -0.05) is 30.3 Å². The van der Waals surface area contributed by atoms with Crippen LogP contribution in [0.15, 0.2) is 41.0 Å². The van der Waals surface area contributed by atoms with Gasteiger partial charge in [-0.3, -0.25) is 0 Å². The maximum atomic E-state index is 9.87. The lowest BCUT2D eigenvalue weighted by atomic mass is 10.2. The maximum absolute atomic E-state index is 9.87. The fraction of sp³-hybridized carbons (Fsp3) is 0.100. The van der Waals surface area contributed by atoms with Crippen LogP contribution in [0, 0.1) is 0 Å². The second-order valence-corrected chi connectivity index (χ2v) is 2.40. The number of hydrogen-bond donors (Lipinski definition) is 0. The van der Waals surface area contributed by atoms with Gasteiger partial charge in [-0.2, -0.15) is 4.99 Å². The quantitative estimate of drug-likeness (QED) is 0.481. The third-order valence-electron chi connectivity index (χ3n) is 1.40.